The summed E-state index contributed by atoms with van der Waals surface area (Å²) in [5.41, 5.74) is 28.0. The van der Waals surface area contributed by atoms with E-state index in [0.717, 1.165) is 112 Å². The van der Waals surface area contributed by atoms with Crippen LogP contribution in [0.2, 0.25) is 0 Å². The number of allylic oxidation sites excluding steroid dienone is 6. The number of para-hydroxylation sites is 1. The normalized spacial score (nSPS) is 10.9. The third-order valence-corrected chi connectivity index (χ3v) is 22.1. The number of nitrogens with zero attached hydrogens (tertiary/aromatic N) is 10. The Morgan fingerprint density at radius 2 is 0.721 bits per heavy atom. The molecule has 0 aliphatic heterocycles. The smallest absolute Gasteiger partial charge is 0.163 e. The molecule has 0 saturated carbocycles. The molecule has 0 fully saturated rings. The molecule has 0 amide bonds. The average Bonchev–Trinajstić information content (AvgIpc) is 1.58. The summed E-state index contributed by atoms with van der Waals surface area (Å²) < 4.78 is 0. The predicted molar refractivity (Wildman–Crippen MR) is 574 cm³/mol. The summed E-state index contributed by atoms with van der Waals surface area (Å²) in [6, 6.07) is 138. The van der Waals surface area contributed by atoms with Gasteiger partial charge in [0.1, 0.15) is 5.82 Å². The van der Waals surface area contributed by atoms with Crippen molar-refractivity contribution in [3.05, 3.63) is 494 Å². The van der Waals surface area contributed by atoms with Crippen molar-refractivity contribution >= 4 is 49.8 Å². The van der Waals surface area contributed by atoms with E-state index in [1.807, 2.05) is 231 Å². The zero-order valence-electron chi connectivity index (χ0n) is 82.9. The van der Waals surface area contributed by atoms with Crippen LogP contribution < -0.4 is 0 Å². The first-order chi connectivity index (χ1) is 68.8. The molecule has 0 unspecified atom stereocenters. The van der Waals surface area contributed by atoms with Crippen molar-refractivity contribution in [2.75, 3.05) is 0 Å². The van der Waals surface area contributed by atoms with E-state index in [0.29, 0.717) is 17.5 Å². The van der Waals surface area contributed by atoms with Crippen LogP contribution in [0.5, 0.6) is 0 Å². The fourth-order valence-electron chi connectivity index (χ4n) is 15.3. The molecule has 12 aromatic carbocycles. The van der Waals surface area contributed by atoms with Crippen LogP contribution >= 0.6 is 0 Å². The molecule has 21 rings (SSSR count). The van der Waals surface area contributed by atoms with Gasteiger partial charge in [0.05, 0.1) is 28.5 Å². The number of aromatic nitrogens is 10. The number of rotatable bonds is 13. The molecule has 20 aromatic rings. The Bertz CT molecular complexity index is 7510. The van der Waals surface area contributed by atoms with Crippen LogP contribution in [0.1, 0.15) is 88.8 Å². The molecule has 16 nitrogen and oxygen atoms in total. The topological polar surface area (TPSA) is 241 Å². The van der Waals surface area contributed by atoms with Gasteiger partial charge in [0, 0.05) is 178 Å². The maximum absolute atomic E-state index is 10.0. The SMILES string of the molecule is CC(=O)C=C(C)O.CC(=O)C=C(C)O.CC(=O)C=C(C)O.CC1(C)c2ccccc2-c2c[c-]c(-c3ccc4ccccc4n3)cc21.Cc1cc(-c2ccccn2)[c-]c2ccccc12.Cc1cc2ccccc2[c-]c1-c1ccccn1.Cc1ccc(-c2nc(-c3c[c-]c(-c4ccccn4)cc3)nc(-c3ccc(C)cc3)n2)cc1.[Ir].[Ir].[Ir].[Ir].[Ir].[c-]1ccccc1-c1cc(-c2ccccn2)ccn1.[c-]1ccccc1-c1ccccn1. The van der Waals surface area contributed by atoms with E-state index < -0.39 is 0 Å². The number of pyridine rings is 7. The van der Waals surface area contributed by atoms with Gasteiger partial charge >= 0.3 is 0 Å². The van der Waals surface area contributed by atoms with Gasteiger partial charge in [0.15, 0.2) is 29.0 Å². The maximum atomic E-state index is 10.0. The predicted octanol–water partition coefficient (Wildman–Crippen LogP) is 29.6. The average molecular weight is 2820 g/mol. The summed E-state index contributed by atoms with van der Waals surface area (Å²) in [5, 5.41) is 31.0. The largest absolute Gasteiger partial charge is 0.512 e. The molecular weight excluding hydrogens is 2710 g/mol. The molecule has 147 heavy (non-hydrogen) atoms. The van der Waals surface area contributed by atoms with Crippen LogP contribution in [0.3, 0.4) is 0 Å². The van der Waals surface area contributed by atoms with Gasteiger partial charge in [-0.05, 0) is 149 Å². The molecule has 5 radical (unpaired) electrons. The van der Waals surface area contributed by atoms with E-state index in [1.54, 1.807) is 24.8 Å². The summed E-state index contributed by atoms with van der Waals surface area (Å²) >= 11 is 0. The molecule has 0 bridgehead atoms. The summed E-state index contributed by atoms with van der Waals surface area (Å²) in [7, 11) is 0. The number of aliphatic hydroxyl groups excluding tert-OH is 3. The Kier molecular flexibility index (Phi) is 47.3. The molecule has 0 spiro atoms. The van der Waals surface area contributed by atoms with Crippen LogP contribution in [0.4, 0.5) is 0 Å². The van der Waals surface area contributed by atoms with Crippen LogP contribution in [0.15, 0.2) is 425 Å². The number of benzene rings is 12. The van der Waals surface area contributed by atoms with Crippen molar-refractivity contribution in [2.24, 2.45) is 0 Å². The number of hydrogen-bond acceptors (Lipinski definition) is 16. The monoisotopic (exact) mass is 2820 g/mol. The van der Waals surface area contributed by atoms with Crippen molar-refractivity contribution in [3.63, 3.8) is 0 Å². The Labute approximate surface area is 928 Å². The van der Waals surface area contributed by atoms with Crippen LogP contribution in [0.25, 0.3) is 157 Å². The van der Waals surface area contributed by atoms with E-state index in [-0.39, 0.29) is 141 Å². The Morgan fingerprint density at radius 3 is 1.21 bits per heavy atom. The second-order valence-electron chi connectivity index (χ2n) is 33.8. The number of ketones is 3. The number of carbonyl (C=O) groups is 3. The number of carbonyl (C=O) groups excluding carboxylic acids is 3. The quantitative estimate of drug-likeness (QED) is 0.0552. The first kappa shape index (κ1) is 118. The van der Waals surface area contributed by atoms with Gasteiger partial charge in [0.2, 0.25) is 0 Å². The van der Waals surface area contributed by atoms with Crippen molar-refractivity contribution in [3.8, 4) is 124 Å². The van der Waals surface area contributed by atoms with Gasteiger partial charge in [-0.2, -0.15) is 0 Å². The van der Waals surface area contributed by atoms with Crippen LogP contribution in [-0.4, -0.2) is 82.5 Å². The van der Waals surface area contributed by atoms with E-state index in [1.165, 1.54) is 120 Å². The summed E-state index contributed by atoms with van der Waals surface area (Å²) in [6.07, 6.45) is 14.3. The zero-order chi connectivity index (χ0) is 100. The molecule has 3 N–H and O–H groups in total. The van der Waals surface area contributed by atoms with Gasteiger partial charge in [-0.25, -0.2) is 15.0 Å². The van der Waals surface area contributed by atoms with Gasteiger partial charge in [-0.1, -0.05) is 278 Å². The second kappa shape index (κ2) is 59.1. The Morgan fingerprint density at radius 1 is 0.293 bits per heavy atom. The molecule has 8 heterocycles. The molecular formula is C126H106Ir5N10O6-6. The van der Waals surface area contributed by atoms with E-state index in [9.17, 15) is 14.4 Å². The standard InChI is InChI=1S/C28H21N4.C24H18N.C16H11N2.2C16H12N.C11H8N.3C5H8O2.5Ir/c1-19-6-10-22(11-7-19)26-30-27(23-12-8-20(2)9-13-23)32-28(31-26)24-16-14-21(15-17-24)25-5-3-4-18-29-25;1-24(2)20-9-5-4-8-18(20)19-13-11-17(15-21(19)24)23-14-12-16-7-3-6-10-22(16)25-23;1-2-6-13(7-3-1)16-12-14(9-11-18-16)15-8-4-5-10-17-15;1-12-10-14(16-8-4-5-9-17-16)11-13-6-2-3-7-15(12)13;1-12-10-13-6-2-3-7-14(13)11-15(12)16-8-4-5-9-17-16;1-2-6-10(7-3-1)11-8-4-5-9-12-11;3*1-4(6)3-5(2)7;;;;;/h3-14,16-18H,1-2H3;3-10,12-15H,1-2H3;1-6,8-12H;2*2-10H,1H3;1-6,8-9H;3*3,6H,1-2H3;;;;;/q6*-1;;;;;;;;. The van der Waals surface area contributed by atoms with Crippen molar-refractivity contribution in [2.45, 2.75) is 88.5 Å². The number of fused-ring (bicyclic) bond motifs is 6. The number of hydrogen-bond donors (Lipinski definition) is 3. The Balaban J connectivity index is 0.000000209. The summed E-state index contributed by atoms with van der Waals surface area (Å²) in [6.45, 7) is 21.5. The first-order valence-electron chi connectivity index (χ1n) is 46.2. The van der Waals surface area contributed by atoms with Crippen molar-refractivity contribution in [1.29, 1.82) is 0 Å². The molecule has 1 aliphatic carbocycles. The van der Waals surface area contributed by atoms with Gasteiger partial charge < -0.3 is 30.3 Å². The van der Waals surface area contributed by atoms with Crippen molar-refractivity contribution < 1.29 is 130 Å². The maximum Gasteiger partial charge on any atom is 0.163 e. The number of aliphatic hydroxyl groups is 3. The minimum absolute atomic E-state index is 0. The Hall–Kier alpha value is -14.6. The molecule has 0 atom stereocenters. The fourth-order valence-corrected chi connectivity index (χ4v) is 15.3. The fraction of sp³-hybridized carbons (Fsp3) is 0.103. The third-order valence-electron chi connectivity index (χ3n) is 22.1. The minimum atomic E-state index is -0.125. The van der Waals surface area contributed by atoms with Crippen LogP contribution in [-0.2, 0) is 120 Å². The minimum Gasteiger partial charge on any atom is -0.512 e. The van der Waals surface area contributed by atoms with Gasteiger partial charge in [-0.15, -0.1) is 189 Å². The molecule has 8 aromatic heterocycles. The zero-order valence-corrected chi connectivity index (χ0v) is 94.9. The van der Waals surface area contributed by atoms with Crippen LogP contribution in [0, 0.1) is 64.1 Å². The summed E-state index contributed by atoms with van der Waals surface area (Å²) in [5.74, 6) is 1.74. The summed E-state index contributed by atoms with van der Waals surface area (Å²) in [4.78, 5) is 75.3. The molecule has 747 valence electrons. The van der Waals surface area contributed by atoms with E-state index in [4.69, 9.17) is 35.3 Å². The molecule has 1 aliphatic rings. The van der Waals surface area contributed by atoms with Crippen molar-refractivity contribution in [1.82, 2.24) is 49.8 Å². The van der Waals surface area contributed by atoms with E-state index in [2.05, 4.69) is 241 Å². The van der Waals surface area contributed by atoms with Gasteiger partial charge in [0.25, 0.3) is 0 Å². The van der Waals surface area contributed by atoms with E-state index >= 15 is 0 Å². The third kappa shape index (κ3) is 34.8. The molecule has 0 saturated heterocycles. The number of aryl methyl sites for hydroxylation is 4. The second-order valence-corrected chi connectivity index (χ2v) is 33.8. The molecule has 21 heteroatoms. The van der Waals surface area contributed by atoms with Gasteiger partial charge in [-0.3, -0.25) is 34.3 Å². The first-order valence-corrected chi connectivity index (χ1v) is 46.2.